The minimum absolute atomic E-state index is 0.0211. The minimum Gasteiger partial charge on any atom is -0.308 e. The van der Waals surface area contributed by atoms with Gasteiger partial charge in [-0.3, -0.25) is 4.57 Å². The number of hydrogen-bond donors (Lipinski definition) is 0. The fourth-order valence-electron chi connectivity index (χ4n) is 2.17. The quantitative estimate of drug-likeness (QED) is 0.253. The van der Waals surface area contributed by atoms with Crippen molar-refractivity contribution in [1.29, 1.82) is 0 Å². The number of rotatable bonds is 15. The molecule has 0 aliphatic carbocycles. The third kappa shape index (κ3) is 10.5. The highest BCUT2D eigenvalue weighted by Crippen LogP contribution is 2.54. The molecule has 0 aliphatic rings. The van der Waals surface area contributed by atoms with Gasteiger partial charge in [0.05, 0.1) is 18.9 Å². The van der Waals surface area contributed by atoms with Gasteiger partial charge in [-0.2, -0.15) is 0 Å². The van der Waals surface area contributed by atoms with Gasteiger partial charge in [0.25, 0.3) is 0 Å². The van der Waals surface area contributed by atoms with E-state index >= 15 is 0 Å². The Kier molecular flexibility index (Phi) is 13.9. The molecule has 3 nitrogen and oxygen atoms in total. The van der Waals surface area contributed by atoms with Crippen molar-refractivity contribution in [3.63, 3.8) is 0 Å². The van der Waals surface area contributed by atoms with Crippen LogP contribution in [0.5, 0.6) is 0 Å². The Bertz CT molecular complexity index is 255. The monoisotopic (exact) mass is 320 g/mol. The van der Waals surface area contributed by atoms with Crippen LogP contribution in [-0.4, -0.2) is 18.9 Å². The predicted molar refractivity (Wildman–Crippen MR) is 92.2 cm³/mol. The predicted octanol–water partition coefficient (Wildman–Crippen LogP) is 6.56. The fraction of sp³-hybridized carbons (Fsp3) is 1.00. The van der Waals surface area contributed by atoms with Crippen LogP contribution < -0.4 is 0 Å². The smallest absolute Gasteiger partial charge is 0.308 e. The third-order valence-electron chi connectivity index (χ3n) is 3.80. The highest BCUT2D eigenvalue weighted by molar-refractivity contribution is 7.54. The fourth-order valence-corrected chi connectivity index (χ4v) is 4.01. The summed E-state index contributed by atoms with van der Waals surface area (Å²) in [7, 11) is -2.93. The van der Waals surface area contributed by atoms with Gasteiger partial charge in [0.15, 0.2) is 0 Å². The van der Waals surface area contributed by atoms with Gasteiger partial charge in [-0.05, 0) is 19.3 Å². The molecule has 128 valence electrons. The molecule has 1 atom stereocenters. The zero-order valence-electron chi connectivity index (χ0n) is 14.7. The summed E-state index contributed by atoms with van der Waals surface area (Å²) in [6, 6.07) is 0. The number of hydrogen-bond acceptors (Lipinski definition) is 3. The average Bonchev–Trinajstić information content (AvgIpc) is 2.47. The van der Waals surface area contributed by atoms with Gasteiger partial charge in [-0.25, -0.2) is 0 Å². The van der Waals surface area contributed by atoms with Crippen LogP contribution in [0.25, 0.3) is 0 Å². The van der Waals surface area contributed by atoms with E-state index in [9.17, 15) is 4.57 Å². The summed E-state index contributed by atoms with van der Waals surface area (Å²) >= 11 is 0. The molecule has 0 heterocycles. The molecule has 0 amide bonds. The van der Waals surface area contributed by atoms with Gasteiger partial charge in [0.1, 0.15) is 0 Å². The molecule has 0 radical (unpaired) electrons. The van der Waals surface area contributed by atoms with Crippen molar-refractivity contribution in [3.05, 3.63) is 0 Å². The summed E-state index contributed by atoms with van der Waals surface area (Å²) in [5, 5.41) is 0. The second-order valence-electron chi connectivity index (χ2n) is 5.97. The van der Waals surface area contributed by atoms with Crippen molar-refractivity contribution in [2.45, 2.75) is 97.6 Å². The topological polar surface area (TPSA) is 35.5 Å². The standard InChI is InChI=1S/C17H37O3P/c1-5-8-11-12-13-14-17(4)21(18,19-15-9-6-2)20-16-10-7-3/h17H,5-16H2,1-4H3. The zero-order valence-corrected chi connectivity index (χ0v) is 15.6. The Morgan fingerprint density at radius 2 is 1.24 bits per heavy atom. The van der Waals surface area contributed by atoms with Crippen LogP contribution in [0.2, 0.25) is 0 Å². The Balaban J connectivity index is 4.23. The Morgan fingerprint density at radius 1 is 0.762 bits per heavy atom. The van der Waals surface area contributed by atoms with E-state index in [0.29, 0.717) is 13.2 Å². The molecule has 0 bridgehead atoms. The van der Waals surface area contributed by atoms with Gasteiger partial charge in [0.2, 0.25) is 0 Å². The van der Waals surface area contributed by atoms with E-state index in [1.807, 2.05) is 6.92 Å². The van der Waals surface area contributed by atoms with Gasteiger partial charge in [-0.1, -0.05) is 72.6 Å². The molecule has 0 aromatic rings. The van der Waals surface area contributed by atoms with Gasteiger partial charge in [0, 0.05) is 0 Å². The van der Waals surface area contributed by atoms with E-state index in [2.05, 4.69) is 20.8 Å². The van der Waals surface area contributed by atoms with E-state index < -0.39 is 7.60 Å². The Hall–Kier alpha value is 0.150. The van der Waals surface area contributed by atoms with Crippen molar-refractivity contribution in [2.24, 2.45) is 0 Å². The van der Waals surface area contributed by atoms with E-state index in [-0.39, 0.29) is 5.66 Å². The van der Waals surface area contributed by atoms with Crippen LogP contribution in [0.15, 0.2) is 0 Å². The van der Waals surface area contributed by atoms with E-state index in [0.717, 1.165) is 38.5 Å². The largest absolute Gasteiger partial charge is 0.333 e. The lowest BCUT2D eigenvalue weighted by atomic mass is 10.1. The molecular formula is C17H37O3P. The van der Waals surface area contributed by atoms with E-state index in [1.54, 1.807) is 0 Å². The maximum Gasteiger partial charge on any atom is 0.333 e. The molecule has 21 heavy (non-hydrogen) atoms. The van der Waals surface area contributed by atoms with Crippen molar-refractivity contribution in [3.8, 4) is 0 Å². The first-order chi connectivity index (χ1) is 10.1. The summed E-state index contributed by atoms with van der Waals surface area (Å²) in [6.07, 6.45) is 11.1. The van der Waals surface area contributed by atoms with Gasteiger partial charge >= 0.3 is 7.60 Å². The van der Waals surface area contributed by atoms with Crippen LogP contribution in [0.4, 0.5) is 0 Å². The highest BCUT2D eigenvalue weighted by atomic mass is 31.2. The molecular weight excluding hydrogens is 283 g/mol. The summed E-state index contributed by atoms with van der Waals surface area (Å²) in [4.78, 5) is 0. The molecule has 0 aliphatic heterocycles. The van der Waals surface area contributed by atoms with Crippen LogP contribution in [0, 0.1) is 0 Å². The third-order valence-corrected chi connectivity index (χ3v) is 6.23. The Labute approximate surface area is 132 Å². The molecule has 0 N–H and O–H groups in total. The van der Waals surface area contributed by atoms with Gasteiger partial charge in [-0.15, -0.1) is 0 Å². The lowest BCUT2D eigenvalue weighted by Gasteiger charge is -2.24. The SMILES string of the molecule is CCCCCCCC(C)P(=O)(OCCCC)OCCCC. The Morgan fingerprint density at radius 3 is 1.71 bits per heavy atom. The molecule has 4 heteroatoms. The summed E-state index contributed by atoms with van der Waals surface area (Å²) in [5.41, 5.74) is 0.0211. The summed E-state index contributed by atoms with van der Waals surface area (Å²) in [6.45, 7) is 9.59. The summed E-state index contributed by atoms with van der Waals surface area (Å²) in [5.74, 6) is 0. The van der Waals surface area contributed by atoms with Crippen LogP contribution in [0.3, 0.4) is 0 Å². The molecule has 0 aromatic heterocycles. The van der Waals surface area contributed by atoms with E-state index in [4.69, 9.17) is 9.05 Å². The maximum absolute atomic E-state index is 12.9. The normalized spacial score (nSPS) is 13.5. The minimum atomic E-state index is -2.93. The first kappa shape index (κ1) is 21.1. The molecule has 0 rings (SSSR count). The maximum atomic E-state index is 12.9. The second-order valence-corrected chi connectivity index (χ2v) is 8.44. The lowest BCUT2D eigenvalue weighted by molar-refractivity contribution is 0.192. The molecule has 1 unspecified atom stereocenters. The molecule has 0 aromatic carbocycles. The lowest BCUT2D eigenvalue weighted by Crippen LogP contribution is -2.11. The van der Waals surface area contributed by atoms with Crippen LogP contribution in [-0.2, 0) is 13.6 Å². The molecule has 0 spiro atoms. The first-order valence-corrected chi connectivity index (χ1v) is 10.6. The summed E-state index contributed by atoms with van der Waals surface area (Å²) < 4.78 is 24.3. The highest BCUT2D eigenvalue weighted by Gasteiger charge is 2.31. The zero-order chi connectivity index (χ0) is 16.0. The molecule has 0 saturated carbocycles. The first-order valence-electron chi connectivity index (χ1n) is 8.99. The average molecular weight is 320 g/mol. The van der Waals surface area contributed by atoms with Crippen molar-refractivity contribution in [1.82, 2.24) is 0 Å². The van der Waals surface area contributed by atoms with Crippen molar-refractivity contribution < 1.29 is 13.6 Å². The second kappa shape index (κ2) is 13.8. The van der Waals surface area contributed by atoms with Gasteiger partial charge < -0.3 is 9.05 Å². The van der Waals surface area contributed by atoms with Crippen molar-refractivity contribution >= 4 is 7.60 Å². The molecule has 0 saturated heterocycles. The molecule has 0 fully saturated rings. The van der Waals surface area contributed by atoms with Crippen LogP contribution >= 0.6 is 7.60 Å². The van der Waals surface area contributed by atoms with Crippen molar-refractivity contribution in [2.75, 3.05) is 13.2 Å². The van der Waals surface area contributed by atoms with E-state index in [1.165, 1.54) is 25.7 Å². The van der Waals surface area contributed by atoms with Crippen LogP contribution in [0.1, 0.15) is 91.9 Å². The number of unbranched alkanes of at least 4 members (excludes halogenated alkanes) is 6.